The number of phenolic OH excluding ortho intramolecular Hbond substituents is 1. The van der Waals surface area contributed by atoms with Crippen LogP contribution in [0.25, 0.3) is 0 Å². The summed E-state index contributed by atoms with van der Waals surface area (Å²) in [6, 6.07) is 14.4. The highest BCUT2D eigenvalue weighted by molar-refractivity contribution is 7.12. The van der Waals surface area contributed by atoms with Crippen molar-refractivity contribution in [2.75, 3.05) is 7.11 Å². The van der Waals surface area contributed by atoms with E-state index in [0.717, 1.165) is 16.2 Å². The molecule has 1 aromatic heterocycles. The van der Waals surface area contributed by atoms with Crippen LogP contribution in [0, 0.1) is 10.1 Å². The maximum absolute atomic E-state index is 11.9. The molecule has 9 heteroatoms. The molecule has 0 spiro atoms. The Bertz CT molecular complexity index is 1160. The van der Waals surface area contributed by atoms with Crippen molar-refractivity contribution >= 4 is 22.7 Å². The van der Waals surface area contributed by atoms with Gasteiger partial charge in [0.15, 0.2) is 5.75 Å². The number of fused-ring (bicyclic) bond motifs is 3. The lowest BCUT2D eigenvalue weighted by molar-refractivity contribution is -0.387. The lowest BCUT2D eigenvalue weighted by atomic mass is 9.97. The number of nitro benzene ring substituents is 1. The number of nitro groups is 1. The van der Waals surface area contributed by atoms with Gasteiger partial charge in [0.05, 0.1) is 34.2 Å². The lowest BCUT2D eigenvalue weighted by Gasteiger charge is -2.38. The second-order valence-corrected chi connectivity index (χ2v) is 7.89. The summed E-state index contributed by atoms with van der Waals surface area (Å²) in [5.74, 6) is 0.163. The summed E-state index contributed by atoms with van der Waals surface area (Å²) in [7, 11) is 1.29. The number of aromatic hydroxyl groups is 1. The molecule has 30 heavy (non-hydrogen) atoms. The molecule has 3 heterocycles. The number of para-hydroxylation sites is 1. The van der Waals surface area contributed by atoms with Crippen LogP contribution in [0.2, 0.25) is 0 Å². The Labute approximate surface area is 175 Å². The Balaban J connectivity index is 1.68. The SMILES string of the molecule is COc1c(O)ccc([C@@H]2Oc3ccccc3[C@@H]3CC(c4cccs4)=NN32)c1[N+](=O)[O-]. The summed E-state index contributed by atoms with van der Waals surface area (Å²) in [5, 5.41) is 30.5. The van der Waals surface area contributed by atoms with Crippen LogP contribution in [-0.2, 0) is 0 Å². The largest absolute Gasteiger partial charge is 0.504 e. The van der Waals surface area contributed by atoms with Gasteiger partial charge in [0.2, 0.25) is 12.0 Å². The zero-order valence-corrected chi connectivity index (χ0v) is 16.7. The van der Waals surface area contributed by atoms with E-state index in [1.165, 1.54) is 19.2 Å². The number of nitrogens with zero attached hydrogens (tertiary/aromatic N) is 3. The number of hydrogen-bond donors (Lipinski definition) is 1. The quantitative estimate of drug-likeness (QED) is 0.486. The molecule has 8 nitrogen and oxygen atoms in total. The standard InChI is InChI=1S/C21H17N3O5S/c1-28-20-16(25)9-8-13(19(20)24(26)27)21-23-15(12-5-2-3-6-17(12)29-21)11-14(22-23)18-7-4-10-30-18/h2-10,15,21,25H,11H2,1H3/t15-,21-/m0/s1. The number of hydrogen-bond acceptors (Lipinski definition) is 8. The number of rotatable bonds is 4. The Hall–Kier alpha value is -3.59. The van der Waals surface area contributed by atoms with Gasteiger partial charge in [-0.25, -0.2) is 5.01 Å². The van der Waals surface area contributed by atoms with Crippen LogP contribution in [0.5, 0.6) is 17.2 Å². The molecule has 2 aliphatic rings. The highest BCUT2D eigenvalue weighted by atomic mass is 32.1. The minimum Gasteiger partial charge on any atom is -0.504 e. The fourth-order valence-corrected chi connectivity index (χ4v) is 4.72. The van der Waals surface area contributed by atoms with E-state index >= 15 is 0 Å². The fourth-order valence-electron chi connectivity index (χ4n) is 4.00. The van der Waals surface area contributed by atoms with Gasteiger partial charge in [0.1, 0.15) is 5.75 Å². The van der Waals surface area contributed by atoms with Gasteiger partial charge in [-0.05, 0) is 29.6 Å². The van der Waals surface area contributed by atoms with Gasteiger partial charge in [-0.15, -0.1) is 11.3 Å². The van der Waals surface area contributed by atoms with E-state index in [0.29, 0.717) is 12.2 Å². The van der Waals surface area contributed by atoms with Gasteiger partial charge in [-0.1, -0.05) is 24.3 Å². The minimum atomic E-state index is -0.836. The molecule has 1 N–H and O–H groups in total. The number of ether oxygens (including phenoxy) is 2. The first kappa shape index (κ1) is 18.4. The topological polar surface area (TPSA) is 97.4 Å². The molecule has 0 saturated carbocycles. The third kappa shape index (κ3) is 2.78. The van der Waals surface area contributed by atoms with Crippen molar-refractivity contribution < 1.29 is 19.5 Å². The molecule has 0 amide bonds. The van der Waals surface area contributed by atoms with Gasteiger partial charge < -0.3 is 14.6 Å². The molecule has 3 aromatic rings. The average molecular weight is 423 g/mol. The molecule has 5 rings (SSSR count). The first-order valence-electron chi connectivity index (χ1n) is 9.28. The van der Waals surface area contributed by atoms with Crippen LogP contribution < -0.4 is 9.47 Å². The molecule has 2 aliphatic heterocycles. The van der Waals surface area contributed by atoms with Crippen molar-refractivity contribution in [2.45, 2.75) is 18.7 Å². The third-order valence-electron chi connectivity index (χ3n) is 5.30. The summed E-state index contributed by atoms with van der Waals surface area (Å²) in [6.07, 6.45) is -0.169. The second-order valence-electron chi connectivity index (χ2n) is 6.94. The third-order valence-corrected chi connectivity index (χ3v) is 6.22. The normalized spacial score (nSPS) is 19.5. The van der Waals surface area contributed by atoms with E-state index in [9.17, 15) is 15.2 Å². The maximum atomic E-state index is 11.9. The molecule has 152 valence electrons. The van der Waals surface area contributed by atoms with E-state index < -0.39 is 11.2 Å². The molecular formula is C21H17N3O5S. The molecule has 0 fully saturated rings. The molecule has 2 atom stereocenters. The van der Waals surface area contributed by atoms with Crippen LogP contribution in [0.3, 0.4) is 0 Å². The Morgan fingerprint density at radius 2 is 2.07 bits per heavy atom. The van der Waals surface area contributed by atoms with E-state index in [-0.39, 0.29) is 28.8 Å². The number of thiophene rings is 1. The zero-order valence-electron chi connectivity index (χ0n) is 15.9. The predicted octanol–water partition coefficient (Wildman–Crippen LogP) is 4.61. The van der Waals surface area contributed by atoms with Crippen molar-refractivity contribution in [3.8, 4) is 17.2 Å². The van der Waals surface area contributed by atoms with E-state index in [1.807, 2.05) is 41.8 Å². The molecule has 0 aliphatic carbocycles. The smallest absolute Gasteiger partial charge is 0.323 e. The van der Waals surface area contributed by atoms with E-state index in [2.05, 4.69) is 0 Å². The van der Waals surface area contributed by atoms with Crippen molar-refractivity contribution in [1.82, 2.24) is 5.01 Å². The van der Waals surface area contributed by atoms with Crippen LogP contribution in [-0.4, -0.2) is 27.9 Å². The highest BCUT2D eigenvalue weighted by Crippen LogP contribution is 2.51. The maximum Gasteiger partial charge on any atom is 0.323 e. The van der Waals surface area contributed by atoms with Crippen molar-refractivity contribution in [2.24, 2.45) is 5.10 Å². The summed E-state index contributed by atoms with van der Waals surface area (Å²) in [5.41, 5.74) is 1.83. The van der Waals surface area contributed by atoms with Gasteiger partial charge in [0, 0.05) is 12.0 Å². The zero-order chi connectivity index (χ0) is 20.8. The van der Waals surface area contributed by atoms with Crippen LogP contribution >= 0.6 is 11.3 Å². The molecule has 0 bridgehead atoms. The van der Waals surface area contributed by atoms with E-state index in [4.69, 9.17) is 14.6 Å². The van der Waals surface area contributed by atoms with Crippen molar-refractivity contribution in [3.63, 3.8) is 0 Å². The molecule has 0 radical (unpaired) electrons. The van der Waals surface area contributed by atoms with Gasteiger partial charge in [0.25, 0.3) is 0 Å². The lowest BCUT2D eigenvalue weighted by Crippen LogP contribution is -2.34. The minimum absolute atomic E-state index is 0.114. The number of methoxy groups -OCH3 is 1. The molecular weight excluding hydrogens is 406 g/mol. The van der Waals surface area contributed by atoms with Crippen LogP contribution in [0.1, 0.15) is 34.7 Å². The Morgan fingerprint density at radius 3 is 2.80 bits per heavy atom. The number of benzene rings is 2. The Kier molecular flexibility index (Phi) is 4.32. The van der Waals surface area contributed by atoms with Crippen molar-refractivity contribution in [1.29, 1.82) is 0 Å². The monoisotopic (exact) mass is 423 g/mol. The summed E-state index contributed by atoms with van der Waals surface area (Å²) >= 11 is 1.60. The average Bonchev–Trinajstić information content (AvgIpc) is 3.43. The fraction of sp³-hybridized carbons (Fsp3) is 0.190. The van der Waals surface area contributed by atoms with Crippen LogP contribution in [0.15, 0.2) is 59.0 Å². The summed E-state index contributed by atoms with van der Waals surface area (Å²) in [4.78, 5) is 12.4. The second kappa shape index (κ2) is 7.03. The predicted molar refractivity (Wildman–Crippen MR) is 111 cm³/mol. The molecule has 0 unspecified atom stereocenters. The molecule has 2 aromatic carbocycles. The van der Waals surface area contributed by atoms with E-state index in [1.54, 1.807) is 16.3 Å². The van der Waals surface area contributed by atoms with Crippen molar-refractivity contribution in [3.05, 3.63) is 80.0 Å². The summed E-state index contributed by atoms with van der Waals surface area (Å²) < 4.78 is 11.3. The number of phenols is 1. The highest BCUT2D eigenvalue weighted by Gasteiger charge is 2.44. The van der Waals surface area contributed by atoms with Gasteiger partial charge in [-0.2, -0.15) is 5.10 Å². The first-order chi connectivity index (χ1) is 14.6. The molecule has 0 saturated heterocycles. The van der Waals surface area contributed by atoms with Gasteiger partial charge in [-0.3, -0.25) is 10.1 Å². The first-order valence-corrected chi connectivity index (χ1v) is 10.2. The van der Waals surface area contributed by atoms with Gasteiger partial charge >= 0.3 is 5.69 Å². The van der Waals surface area contributed by atoms with Crippen LogP contribution in [0.4, 0.5) is 5.69 Å². The number of hydrazone groups is 1. The summed E-state index contributed by atoms with van der Waals surface area (Å²) in [6.45, 7) is 0. The Morgan fingerprint density at radius 1 is 1.23 bits per heavy atom.